The van der Waals surface area contributed by atoms with Crippen LogP contribution in [0.4, 0.5) is 11.4 Å². The average Bonchev–Trinajstić information content (AvgIpc) is 3.82. The number of carbonyl (C=O) groups is 4. The summed E-state index contributed by atoms with van der Waals surface area (Å²) in [5.41, 5.74) is 2.34. The molecule has 0 saturated carbocycles. The Morgan fingerprint density at radius 3 is 1.20 bits per heavy atom. The smallest absolute Gasteiger partial charge is 0.253 e. The quantitative estimate of drug-likeness (QED) is 0.198. The SMILES string of the molecule is CCCOc1ccccc1N1C(=O)[C@@H]2[C@H](C1=O)N1[C@H](c3ccccc3)[C@@H]3C(=O)N(c4ccccc4OCCC)C(=O)[C@@H]3N1[C@H]2c1ccccc1. The van der Waals surface area contributed by atoms with Crippen LogP contribution in [-0.2, 0) is 19.2 Å². The van der Waals surface area contributed by atoms with E-state index in [1.54, 1.807) is 36.4 Å². The van der Waals surface area contributed by atoms with Crippen LogP contribution in [-0.4, -0.2) is 58.9 Å². The first-order valence-electron chi connectivity index (χ1n) is 17.3. The maximum absolute atomic E-state index is 14.8. The van der Waals surface area contributed by atoms with E-state index in [0.717, 1.165) is 24.0 Å². The predicted molar refractivity (Wildman–Crippen MR) is 186 cm³/mol. The van der Waals surface area contributed by atoms with Crippen LogP contribution in [0.2, 0.25) is 0 Å². The number of para-hydroxylation sites is 4. The third-order valence-corrected chi connectivity index (χ3v) is 10.1. The highest BCUT2D eigenvalue weighted by atomic mass is 16.5. The lowest BCUT2D eigenvalue weighted by molar-refractivity contribution is -0.136. The Kier molecular flexibility index (Phi) is 8.20. The lowest BCUT2D eigenvalue weighted by Gasteiger charge is -2.36. The molecule has 4 aliphatic rings. The van der Waals surface area contributed by atoms with Crippen LogP contribution in [0.1, 0.15) is 49.9 Å². The van der Waals surface area contributed by atoms with Gasteiger partial charge in [-0.3, -0.25) is 19.2 Å². The number of benzene rings is 4. The molecule has 4 fully saturated rings. The molecule has 4 aliphatic heterocycles. The maximum atomic E-state index is 14.8. The van der Waals surface area contributed by atoms with Crippen molar-refractivity contribution in [3.05, 3.63) is 120 Å². The summed E-state index contributed by atoms with van der Waals surface area (Å²) < 4.78 is 12.0. The Bertz CT molecular complexity index is 1810. The minimum absolute atomic E-state index is 0.369. The van der Waals surface area contributed by atoms with E-state index >= 15 is 0 Å². The molecule has 4 saturated heterocycles. The number of nitrogens with zero attached hydrogens (tertiary/aromatic N) is 4. The van der Waals surface area contributed by atoms with Crippen LogP contribution in [0.3, 0.4) is 0 Å². The average molecular weight is 671 g/mol. The summed E-state index contributed by atoms with van der Waals surface area (Å²) in [6, 6.07) is 29.9. The Morgan fingerprint density at radius 2 is 0.820 bits per heavy atom. The Hall–Kier alpha value is -5.32. The van der Waals surface area contributed by atoms with Gasteiger partial charge < -0.3 is 9.47 Å². The van der Waals surface area contributed by atoms with Gasteiger partial charge in [0.15, 0.2) is 0 Å². The van der Waals surface area contributed by atoms with Crippen LogP contribution in [0.25, 0.3) is 0 Å². The number of fused-ring (bicyclic) bond motifs is 5. The first-order valence-corrected chi connectivity index (χ1v) is 17.3. The zero-order valence-corrected chi connectivity index (χ0v) is 27.9. The summed E-state index contributed by atoms with van der Waals surface area (Å²) in [5, 5.41) is 3.77. The molecule has 0 aromatic heterocycles. The third-order valence-electron chi connectivity index (χ3n) is 10.1. The number of carbonyl (C=O) groups excluding carboxylic acids is 4. The van der Waals surface area contributed by atoms with Crippen molar-refractivity contribution in [2.24, 2.45) is 11.8 Å². The minimum atomic E-state index is -0.961. The maximum Gasteiger partial charge on any atom is 0.253 e. The Balaban J connectivity index is 1.29. The van der Waals surface area contributed by atoms with Gasteiger partial charge in [-0.2, -0.15) is 0 Å². The zero-order valence-electron chi connectivity index (χ0n) is 27.9. The largest absolute Gasteiger partial charge is 0.491 e. The van der Waals surface area contributed by atoms with E-state index < -0.39 is 47.8 Å². The zero-order chi connectivity index (χ0) is 34.5. The van der Waals surface area contributed by atoms with E-state index in [4.69, 9.17) is 9.47 Å². The highest BCUT2D eigenvalue weighted by Crippen LogP contribution is 2.60. The molecule has 0 N–H and O–H groups in total. The molecule has 10 heteroatoms. The molecular formula is C40H38N4O6. The molecule has 0 bridgehead atoms. The van der Waals surface area contributed by atoms with Crippen molar-refractivity contribution in [3.63, 3.8) is 0 Å². The number of anilines is 2. The summed E-state index contributed by atoms with van der Waals surface area (Å²) in [7, 11) is 0. The molecule has 8 rings (SSSR count). The summed E-state index contributed by atoms with van der Waals surface area (Å²) in [5.74, 6) is -2.36. The van der Waals surface area contributed by atoms with Gasteiger partial charge in [0.25, 0.3) is 11.8 Å². The molecule has 4 aromatic carbocycles. The standard InChI is InChI=1S/C40H38N4O6/c1-3-23-49-29-21-13-11-19-27(29)41-37(45)31-33(25-15-7-5-8-16-25)44-36-32(34(26-17-9-6-10-18-26)43(44)35(31)39(41)47)38(46)42(40(36)48)28-20-12-14-22-30(28)50-24-4-2/h5-22,31-36H,3-4,23-24H2,1-2H3/t31-,32-,33-,34+,35+,36+/m0/s1. The van der Waals surface area contributed by atoms with Gasteiger partial charge >= 0.3 is 0 Å². The summed E-state index contributed by atoms with van der Waals surface area (Å²) in [6.45, 7) is 4.85. The number of rotatable bonds is 10. The van der Waals surface area contributed by atoms with Crippen molar-refractivity contribution in [3.8, 4) is 11.5 Å². The number of amides is 4. The first kappa shape index (κ1) is 31.9. The molecule has 0 unspecified atom stereocenters. The van der Waals surface area contributed by atoms with E-state index in [1.807, 2.05) is 96.7 Å². The fourth-order valence-electron chi connectivity index (χ4n) is 8.23. The summed E-state index contributed by atoms with van der Waals surface area (Å²) >= 11 is 0. The fourth-order valence-corrected chi connectivity index (χ4v) is 8.23. The highest BCUT2D eigenvalue weighted by Gasteiger charge is 2.73. The second-order valence-corrected chi connectivity index (χ2v) is 13.1. The molecule has 4 heterocycles. The van der Waals surface area contributed by atoms with Gasteiger partial charge in [0, 0.05) is 0 Å². The van der Waals surface area contributed by atoms with Crippen molar-refractivity contribution in [1.82, 2.24) is 10.0 Å². The summed E-state index contributed by atoms with van der Waals surface area (Å²) in [4.78, 5) is 61.7. The highest BCUT2D eigenvalue weighted by molar-refractivity contribution is 6.26. The Morgan fingerprint density at radius 1 is 0.460 bits per heavy atom. The fraction of sp³-hybridized carbons (Fsp3) is 0.300. The van der Waals surface area contributed by atoms with Gasteiger partial charge in [0.05, 0.1) is 48.5 Å². The molecule has 10 nitrogen and oxygen atoms in total. The normalized spacial score (nSPS) is 26.0. The van der Waals surface area contributed by atoms with Crippen LogP contribution in [0.15, 0.2) is 109 Å². The van der Waals surface area contributed by atoms with E-state index in [0.29, 0.717) is 36.1 Å². The van der Waals surface area contributed by atoms with Gasteiger partial charge in [0.1, 0.15) is 23.6 Å². The van der Waals surface area contributed by atoms with Crippen molar-refractivity contribution in [2.75, 3.05) is 23.0 Å². The number of hydrazine groups is 1. The van der Waals surface area contributed by atoms with Crippen LogP contribution < -0.4 is 19.3 Å². The molecule has 6 atom stereocenters. The first-order chi connectivity index (χ1) is 24.5. The molecule has 0 spiro atoms. The molecule has 50 heavy (non-hydrogen) atoms. The second-order valence-electron chi connectivity index (χ2n) is 13.1. The number of hydrogen-bond acceptors (Lipinski definition) is 8. The van der Waals surface area contributed by atoms with E-state index in [2.05, 4.69) is 0 Å². The Labute approximate surface area is 290 Å². The topological polar surface area (TPSA) is 99.7 Å². The van der Waals surface area contributed by atoms with Gasteiger partial charge in [-0.05, 0) is 48.2 Å². The number of imide groups is 2. The second kappa shape index (κ2) is 12.9. The molecule has 4 amide bonds. The van der Waals surface area contributed by atoms with Crippen LogP contribution >= 0.6 is 0 Å². The van der Waals surface area contributed by atoms with Gasteiger partial charge in [-0.25, -0.2) is 19.8 Å². The minimum Gasteiger partial charge on any atom is -0.491 e. The van der Waals surface area contributed by atoms with Crippen molar-refractivity contribution in [2.45, 2.75) is 50.9 Å². The molecular weight excluding hydrogens is 632 g/mol. The lowest BCUT2D eigenvalue weighted by atomic mass is 9.84. The lowest BCUT2D eigenvalue weighted by Crippen LogP contribution is -2.50. The summed E-state index contributed by atoms with van der Waals surface area (Å²) in [6.07, 6.45) is 1.52. The number of ether oxygens (including phenoxy) is 2. The predicted octanol–water partition coefficient (Wildman–Crippen LogP) is 5.71. The van der Waals surface area contributed by atoms with Gasteiger partial charge in [-0.15, -0.1) is 0 Å². The monoisotopic (exact) mass is 670 g/mol. The molecule has 4 aromatic rings. The van der Waals surface area contributed by atoms with Crippen LogP contribution in [0, 0.1) is 11.8 Å². The molecule has 254 valence electrons. The van der Waals surface area contributed by atoms with Gasteiger partial charge in [-0.1, -0.05) is 98.8 Å². The van der Waals surface area contributed by atoms with E-state index in [1.165, 1.54) is 9.80 Å². The molecule has 0 radical (unpaired) electrons. The van der Waals surface area contributed by atoms with Crippen molar-refractivity contribution >= 4 is 35.0 Å². The van der Waals surface area contributed by atoms with Crippen molar-refractivity contribution in [1.29, 1.82) is 0 Å². The molecule has 0 aliphatic carbocycles. The van der Waals surface area contributed by atoms with Gasteiger partial charge in [0.2, 0.25) is 11.8 Å². The third kappa shape index (κ3) is 4.77. The van der Waals surface area contributed by atoms with E-state index in [9.17, 15) is 19.2 Å². The van der Waals surface area contributed by atoms with Crippen LogP contribution in [0.5, 0.6) is 11.5 Å². The van der Waals surface area contributed by atoms with E-state index in [-0.39, 0.29) is 11.8 Å². The number of hydrogen-bond donors (Lipinski definition) is 0. The van der Waals surface area contributed by atoms with Crippen molar-refractivity contribution < 1.29 is 28.7 Å².